The van der Waals surface area contributed by atoms with Crippen molar-refractivity contribution in [1.82, 2.24) is 9.69 Å². The first-order valence-electron chi connectivity index (χ1n) is 7.30. The fourth-order valence-corrected chi connectivity index (χ4v) is 2.76. The maximum atomic E-state index is 12.0. The molecule has 1 aromatic carbocycles. The molecule has 1 aromatic heterocycles. The van der Waals surface area contributed by atoms with E-state index in [4.69, 9.17) is 5.11 Å². The van der Waals surface area contributed by atoms with Crippen LogP contribution in [0.25, 0.3) is 11.3 Å². The first-order chi connectivity index (χ1) is 10.6. The largest absolute Gasteiger partial charge is 0.396 e. The summed E-state index contributed by atoms with van der Waals surface area (Å²) in [7, 11) is 0. The Morgan fingerprint density at radius 1 is 1.32 bits per heavy atom. The molecule has 0 bridgehead atoms. The minimum atomic E-state index is -0.268. The molecular weight excluding hydrogens is 298 g/mol. The lowest BCUT2D eigenvalue weighted by Gasteiger charge is -2.21. The van der Waals surface area contributed by atoms with Crippen LogP contribution in [0.1, 0.15) is 20.3 Å². The molecule has 2 rings (SSSR count). The van der Waals surface area contributed by atoms with E-state index in [1.54, 1.807) is 0 Å². The summed E-state index contributed by atoms with van der Waals surface area (Å²) < 4.78 is 4.35. The van der Waals surface area contributed by atoms with E-state index in [1.165, 1.54) is 11.5 Å². The number of urea groups is 1. The van der Waals surface area contributed by atoms with Gasteiger partial charge in [-0.3, -0.25) is 5.32 Å². The molecule has 3 N–H and O–H groups in total. The fraction of sp³-hybridized carbons (Fsp3) is 0.375. The zero-order valence-corrected chi connectivity index (χ0v) is 13.6. The number of hydrogen-bond acceptors (Lipinski definition) is 4. The Balaban J connectivity index is 1.96. The van der Waals surface area contributed by atoms with Crippen molar-refractivity contribution in [3.8, 4) is 11.3 Å². The highest BCUT2D eigenvalue weighted by molar-refractivity contribution is 7.10. The van der Waals surface area contributed by atoms with Gasteiger partial charge in [0, 0.05) is 24.3 Å². The first-order valence-corrected chi connectivity index (χ1v) is 8.08. The Morgan fingerprint density at radius 2 is 2.05 bits per heavy atom. The zero-order chi connectivity index (χ0) is 15.9. The normalized spacial score (nSPS) is 12.2. The summed E-state index contributed by atoms with van der Waals surface area (Å²) in [5, 5.41) is 15.4. The van der Waals surface area contributed by atoms with Crippen molar-refractivity contribution < 1.29 is 9.90 Å². The Morgan fingerprint density at radius 3 is 2.68 bits per heavy atom. The predicted octanol–water partition coefficient (Wildman–Crippen LogP) is 3.34. The van der Waals surface area contributed by atoms with Crippen LogP contribution in [0.4, 0.5) is 9.80 Å². The Bertz CT molecular complexity index is 598. The standard InChI is InChI=1S/C16H21N3O2S/c1-11(2)13(8-9-20)17-16(21)18-15-10-14(19-22-15)12-6-4-3-5-7-12/h3-7,10-11,13,20H,8-9H2,1-2H3,(H2,17,18,21). The molecule has 6 heteroatoms. The highest BCUT2D eigenvalue weighted by Gasteiger charge is 2.16. The van der Waals surface area contributed by atoms with Gasteiger partial charge in [-0.05, 0) is 23.9 Å². The summed E-state index contributed by atoms with van der Waals surface area (Å²) in [4.78, 5) is 12.0. The third-order valence-corrected chi connectivity index (χ3v) is 4.08. The maximum absolute atomic E-state index is 12.0. The number of hydrogen-bond donors (Lipinski definition) is 3. The van der Waals surface area contributed by atoms with E-state index >= 15 is 0 Å². The summed E-state index contributed by atoms with van der Waals surface area (Å²) in [5.41, 5.74) is 1.87. The van der Waals surface area contributed by atoms with Crippen LogP contribution in [0, 0.1) is 5.92 Å². The SMILES string of the molecule is CC(C)C(CCO)NC(=O)Nc1cc(-c2ccccc2)ns1. The van der Waals surface area contributed by atoms with Gasteiger partial charge in [0.05, 0.1) is 5.69 Å². The molecule has 1 heterocycles. The van der Waals surface area contributed by atoms with Gasteiger partial charge in [-0.25, -0.2) is 4.79 Å². The second kappa shape index (κ2) is 7.91. The van der Waals surface area contributed by atoms with E-state index in [2.05, 4.69) is 15.0 Å². The molecule has 2 amide bonds. The summed E-state index contributed by atoms with van der Waals surface area (Å²) in [6.45, 7) is 4.09. The number of nitrogens with one attached hydrogen (secondary N) is 2. The molecule has 5 nitrogen and oxygen atoms in total. The minimum absolute atomic E-state index is 0.0495. The van der Waals surface area contributed by atoms with Gasteiger partial charge < -0.3 is 10.4 Å². The van der Waals surface area contributed by atoms with Gasteiger partial charge in [0.25, 0.3) is 0 Å². The molecule has 0 spiro atoms. The zero-order valence-electron chi connectivity index (χ0n) is 12.7. The number of aromatic nitrogens is 1. The molecule has 2 aromatic rings. The van der Waals surface area contributed by atoms with Crippen LogP contribution in [-0.4, -0.2) is 28.2 Å². The van der Waals surface area contributed by atoms with E-state index < -0.39 is 0 Å². The summed E-state index contributed by atoms with van der Waals surface area (Å²) >= 11 is 1.25. The Labute approximate surface area is 134 Å². The molecule has 0 saturated carbocycles. The lowest BCUT2D eigenvalue weighted by molar-refractivity contribution is 0.227. The second-order valence-corrected chi connectivity index (χ2v) is 6.21. The van der Waals surface area contributed by atoms with Gasteiger partial charge in [-0.2, -0.15) is 4.37 Å². The second-order valence-electron chi connectivity index (χ2n) is 5.40. The smallest absolute Gasteiger partial charge is 0.320 e. The van der Waals surface area contributed by atoms with Gasteiger partial charge in [0.1, 0.15) is 5.00 Å². The number of rotatable bonds is 6. The van der Waals surface area contributed by atoms with E-state index in [0.717, 1.165) is 11.3 Å². The Kier molecular flexibility index (Phi) is 5.91. The molecule has 0 aliphatic heterocycles. The highest BCUT2D eigenvalue weighted by atomic mass is 32.1. The number of carbonyl (C=O) groups excluding carboxylic acids is 1. The van der Waals surface area contributed by atoms with Crippen molar-refractivity contribution in [2.75, 3.05) is 11.9 Å². The van der Waals surface area contributed by atoms with Gasteiger partial charge in [-0.1, -0.05) is 44.2 Å². The molecule has 1 atom stereocenters. The van der Waals surface area contributed by atoms with Crippen molar-refractivity contribution in [3.63, 3.8) is 0 Å². The van der Waals surface area contributed by atoms with Crippen molar-refractivity contribution in [1.29, 1.82) is 0 Å². The van der Waals surface area contributed by atoms with Crippen LogP contribution in [0.3, 0.4) is 0 Å². The number of amides is 2. The molecule has 0 aliphatic carbocycles. The molecule has 118 valence electrons. The highest BCUT2D eigenvalue weighted by Crippen LogP contribution is 2.25. The van der Waals surface area contributed by atoms with Gasteiger partial charge in [0.2, 0.25) is 0 Å². The average molecular weight is 319 g/mol. The Hall–Kier alpha value is -1.92. The van der Waals surface area contributed by atoms with E-state index in [-0.39, 0.29) is 24.6 Å². The summed E-state index contributed by atoms with van der Waals surface area (Å²) in [6, 6.07) is 11.4. The van der Waals surface area contributed by atoms with Gasteiger partial charge in [-0.15, -0.1) is 0 Å². The molecule has 0 saturated heterocycles. The number of aliphatic hydroxyl groups is 1. The van der Waals surface area contributed by atoms with Gasteiger partial charge in [0.15, 0.2) is 0 Å². The van der Waals surface area contributed by atoms with Crippen LogP contribution in [0.2, 0.25) is 0 Å². The number of anilines is 1. The lowest BCUT2D eigenvalue weighted by Crippen LogP contribution is -2.41. The van der Waals surface area contributed by atoms with Crippen molar-refractivity contribution in [2.45, 2.75) is 26.3 Å². The minimum Gasteiger partial charge on any atom is -0.396 e. The molecule has 0 fully saturated rings. The number of carbonyl (C=O) groups is 1. The molecule has 22 heavy (non-hydrogen) atoms. The van der Waals surface area contributed by atoms with Crippen LogP contribution < -0.4 is 10.6 Å². The van der Waals surface area contributed by atoms with Crippen LogP contribution in [0.5, 0.6) is 0 Å². The van der Waals surface area contributed by atoms with Crippen molar-refractivity contribution in [2.24, 2.45) is 5.92 Å². The van der Waals surface area contributed by atoms with Crippen LogP contribution in [0.15, 0.2) is 36.4 Å². The third-order valence-electron chi connectivity index (χ3n) is 3.38. The quantitative estimate of drug-likeness (QED) is 0.764. The van der Waals surface area contributed by atoms with E-state index in [1.807, 2.05) is 50.2 Å². The molecule has 0 radical (unpaired) electrons. The monoisotopic (exact) mass is 319 g/mol. The predicted molar refractivity (Wildman–Crippen MR) is 90.0 cm³/mol. The lowest BCUT2D eigenvalue weighted by atomic mass is 10.0. The summed E-state index contributed by atoms with van der Waals surface area (Å²) in [6.07, 6.45) is 0.545. The average Bonchev–Trinajstić information content (AvgIpc) is 2.96. The number of aliphatic hydroxyl groups excluding tert-OH is 1. The van der Waals surface area contributed by atoms with E-state index in [9.17, 15) is 4.79 Å². The van der Waals surface area contributed by atoms with Crippen LogP contribution >= 0.6 is 11.5 Å². The first kappa shape index (κ1) is 16.5. The topological polar surface area (TPSA) is 74.2 Å². The summed E-state index contributed by atoms with van der Waals surface area (Å²) in [5.74, 6) is 0.263. The third kappa shape index (κ3) is 4.54. The number of benzene rings is 1. The van der Waals surface area contributed by atoms with E-state index in [0.29, 0.717) is 11.4 Å². The van der Waals surface area contributed by atoms with Crippen LogP contribution in [-0.2, 0) is 0 Å². The molecule has 0 aliphatic rings. The van der Waals surface area contributed by atoms with Gasteiger partial charge >= 0.3 is 6.03 Å². The fourth-order valence-electron chi connectivity index (χ4n) is 2.11. The van der Waals surface area contributed by atoms with Crippen molar-refractivity contribution >= 4 is 22.6 Å². The number of nitrogens with zero attached hydrogens (tertiary/aromatic N) is 1. The molecular formula is C16H21N3O2S. The molecule has 1 unspecified atom stereocenters. The van der Waals surface area contributed by atoms with Crippen molar-refractivity contribution in [3.05, 3.63) is 36.4 Å². The maximum Gasteiger partial charge on any atom is 0.320 e.